The van der Waals surface area contributed by atoms with E-state index >= 15 is 0 Å². The predicted molar refractivity (Wildman–Crippen MR) is 118 cm³/mol. The van der Waals surface area contributed by atoms with Crippen LogP contribution in [0.4, 0.5) is 5.69 Å². The van der Waals surface area contributed by atoms with Gasteiger partial charge in [-0.05, 0) is 36.4 Å². The maximum absolute atomic E-state index is 12.2. The first kappa shape index (κ1) is 20.5. The van der Waals surface area contributed by atoms with E-state index in [-0.39, 0.29) is 11.7 Å². The summed E-state index contributed by atoms with van der Waals surface area (Å²) in [6.07, 6.45) is 1.75. The minimum atomic E-state index is -0.127. The summed E-state index contributed by atoms with van der Waals surface area (Å²) in [6.45, 7) is 4.71. The van der Waals surface area contributed by atoms with Crippen LogP contribution in [0.2, 0.25) is 0 Å². The van der Waals surface area contributed by atoms with Crippen LogP contribution in [0.5, 0.6) is 11.5 Å². The van der Waals surface area contributed by atoms with Gasteiger partial charge < -0.3 is 14.8 Å². The molecule has 3 rings (SSSR count). The predicted octanol–water partition coefficient (Wildman–Crippen LogP) is 3.62. The maximum atomic E-state index is 12.2. The number of carbonyl (C=O) groups excluding carboxylic acids is 1. The number of thioether (sulfide) groups is 1. The molecule has 0 fully saturated rings. The Labute approximate surface area is 174 Å². The Balaban J connectivity index is 1.62. The molecule has 0 aliphatic carbocycles. The first-order valence-corrected chi connectivity index (χ1v) is 9.96. The van der Waals surface area contributed by atoms with Crippen LogP contribution in [0, 0.1) is 0 Å². The Morgan fingerprint density at radius 2 is 1.93 bits per heavy atom. The minimum Gasteiger partial charge on any atom is -0.497 e. The van der Waals surface area contributed by atoms with E-state index in [9.17, 15) is 4.79 Å². The number of ether oxygens (including phenoxy) is 2. The number of hydrogen-bond acceptors (Lipinski definition) is 7. The van der Waals surface area contributed by atoms with Gasteiger partial charge in [0, 0.05) is 5.69 Å². The molecular weight excluding hydrogens is 388 g/mol. The summed E-state index contributed by atoms with van der Waals surface area (Å²) < 4.78 is 11.0. The second-order valence-corrected chi connectivity index (χ2v) is 6.95. The molecule has 2 aromatic rings. The van der Waals surface area contributed by atoms with E-state index < -0.39 is 0 Å². The van der Waals surface area contributed by atoms with Gasteiger partial charge in [0.05, 0.1) is 19.4 Å². The molecule has 0 aromatic heterocycles. The number of amides is 1. The van der Waals surface area contributed by atoms with Crippen molar-refractivity contribution in [3.05, 3.63) is 67.3 Å². The molecular formula is C21H22N4O3S. The van der Waals surface area contributed by atoms with Crippen molar-refractivity contribution in [1.82, 2.24) is 5.01 Å². The van der Waals surface area contributed by atoms with Crippen LogP contribution in [0.25, 0.3) is 0 Å². The zero-order valence-corrected chi connectivity index (χ0v) is 16.9. The van der Waals surface area contributed by atoms with Gasteiger partial charge >= 0.3 is 0 Å². The van der Waals surface area contributed by atoms with E-state index in [1.165, 1.54) is 11.8 Å². The molecule has 29 heavy (non-hydrogen) atoms. The fourth-order valence-electron chi connectivity index (χ4n) is 2.48. The second kappa shape index (κ2) is 10.3. The van der Waals surface area contributed by atoms with Crippen molar-refractivity contribution in [2.24, 2.45) is 10.1 Å². The topological polar surface area (TPSA) is 75.5 Å². The first-order valence-electron chi connectivity index (χ1n) is 8.98. The van der Waals surface area contributed by atoms with Crippen molar-refractivity contribution in [3.8, 4) is 11.5 Å². The van der Waals surface area contributed by atoms with E-state index in [0.717, 1.165) is 11.4 Å². The molecule has 0 atom stereocenters. The van der Waals surface area contributed by atoms with Gasteiger partial charge in [-0.2, -0.15) is 4.99 Å². The van der Waals surface area contributed by atoms with E-state index in [1.54, 1.807) is 18.2 Å². The van der Waals surface area contributed by atoms with Crippen molar-refractivity contribution >= 4 is 34.4 Å². The lowest BCUT2D eigenvalue weighted by molar-refractivity contribution is -0.113. The Morgan fingerprint density at radius 1 is 1.21 bits per heavy atom. The molecule has 150 valence electrons. The number of carbonyl (C=O) groups is 1. The van der Waals surface area contributed by atoms with Gasteiger partial charge in [0.2, 0.25) is 17.0 Å². The van der Waals surface area contributed by atoms with Crippen molar-refractivity contribution in [3.63, 3.8) is 0 Å². The summed E-state index contributed by atoms with van der Waals surface area (Å²) in [4.78, 5) is 16.6. The highest BCUT2D eigenvalue weighted by Gasteiger charge is 2.18. The first-order chi connectivity index (χ1) is 14.2. The normalized spacial score (nSPS) is 13.2. The van der Waals surface area contributed by atoms with Gasteiger partial charge in [-0.1, -0.05) is 36.0 Å². The number of anilines is 1. The average molecular weight is 410 g/mol. The van der Waals surface area contributed by atoms with Crippen molar-refractivity contribution in [2.45, 2.75) is 0 Å². The van der Waals surface area contributed by atoms with Gasteiger partial charge in [0.25, 0.3) is 0 Å². The number of amidine groups is 1. The molecule has 7 nitrogen and oxygen atoms in total. The van der Waals surface area contributed by atoms with Crippen molar-refractivity contribution < 1.29 is 14.3 Å². The number of benzene rings is 2. The van der Waals surface area contributed by atoms with Crippen LogP contribution < -0.4 is 14.8 Å². The minimum absolute atomic E-state index is 0.127. The summed E-state index contributed by atoms with van der Waals surface area (Å²) in [7, 11) is 1.61. The van der Waals surface area contributed by atoms with Gasteiger partial charge in [-0.25, -0.2) is 0 Å². The fraction of sp³-hybridized carbons (Fsp3) is 0.190. The third-order valence-electron chi connectivity index (χ3n) is 3.79. The molecule has 1 heterocycles. The van der Waals surface area contributed by atoms with Crippen LogP contribution in [0.15, 0.2) is 77.3 Å². The molecule has 2 aromatic carbocycles. The molecule has 1 amide bonds. The molecule has 0 radical (unpaired) electrons. The third-order valence-corrected chi connectivity index (χ3v) is 4.63. The zero-order chi connectivity index (χ0) is 20.5. The Hall–Kier alpha value is -3.26. The monoisotopic (exact) mass is 410 g/mol. The highest BCUT2D eigenvalue weighted by Crippen LogP contribution is 2.19. The SMILES string of the molecule is C=CCN1CC(Oc2ccc(OC)cc2)=NC(SCC(=O)Nc2ccccc2)=N1. The molecule has 0 saturated heterocycles. The van der Waals surface area contributed by atoms with Crippen LogP contribution in [0.3, 0.4) is 0 Å². The molecule has 0 spiro atoms. The zero-order valence-electron chi connectivity index (χ0n) is 16.1. The summed E-state index contributed by atoms with van der Waals surface area (Å²) in [6, 6.07) is 16.6. The lowest BCUT2D eigenvalue weighted by atomic mass is 10.3. The molecule has 8 heteroatoms. The summed E-state index contributed by atoms with van der Waals surface area (Å²) in [5.41, 5.74) is 0.754. The van der Waals surface area contributed by atoms with E-state index in [1.807, 2.05) is 54.6 Å². The standard InChI is InChI=1S/C21H22N4O3S/c1-3-13-25-14-20(28-18-11-9-17(27-2)10-12-18)23-21(24-25)29-15-19(26)22-16-7-5-4-6-8-16/h3-12H,1,13-15H2,2H3,(H,22,26). The highest BCUT2D eigenvalue weighted by atomic mass is 32.2. The van der Waals surface area contributed by atoms with Crippen LogP contribution in [-0.2, 0) is 4.79 Å². The molecule has 1 N–H and O–H groups in total. The maximum Gasteiger partial charge on any atom is 0.234 e. The Bertz CT molecular complexity index is 898. The van der Waals surface area contributed by atoms with E-state index in [0.29, 0.717) is 29.9 Å². The molecule has 0 unspecified atom stereocenters. The highest BCUT2D eigenvalue weighted by molar-refractivity contribution is 8.14. The van der Waals surface area contributed by atoms with Gasteiger partial charge in [-0.15, -0.1) is 11.7 Å². The lowest BCUT2D eigenvalue weighted by Gasteiger charge is -2.23. The van der Waals surface area contributed by atoms with Gasteiger partial charge in [-0.3, -0.25) is 9.80 Å². The summed E-state index contributed by atoms with van der Waals surface area (Å²) in [5.74, 6) is 1.96. The Kier molecular flexibility index (Phi) is 7.29. The number of para-hydroxylation sites is 1. The lowest BCUT2D eigenvalue weighted by Crippen LogP contribution is -2.33. The largest absolute Gasteiger partial charge is 0.497 e. The van der Waals surface area contributed by atoms with E-state index in [4.69, 9.17) is 9.47 Å². The average Bonchev–Trinajstić information content (AvgIpc) is 2.74. The van der Waals surface area contributed by atoms with Crippen LogP contribution in [-0.4, -0.2) is 47.9 Å². The van der Waals surface area contributed by atoms with E-state index in [2.05, 4.69) is 22.0 Å². The fourth-order valence-corrected chi connectivity index (χ4v) is 3.15. The number of methoxy groups -OCH3 is 1. The molecule has 1 aliphatic heterocycles. The number of rotatable bonds is 7. The summed E-state index contributed by atoms with van der Waals surface area (Å²) >= 11 is 1.25. The quantitative estimate of drug-likeness (QED) is 0.706. The van der Waals surface area contributed by atoms with Gasteiger partial charge in [0.1, 0.15) is 18.0 Å². The molecule has 0 saturated carbocycles. The second-order valence-electron chi connectivity index (χ2n) is 6.00. The number of aliphatic imine (C=N–C) groups is 1. The Morgan fingerprint density at radius 3 is 2.62 bits per heavy atom. The molecule has 1 aliphatic rings. The molecule has 0 bridgehead atoms. The third kappa shape index (κ3) is 6.39. The van der Waals surface area contributed by atoms with Gasteiger partial charge in [0.15, 0.2) is 0 Å². The smallest absolute Gasteiger partial charge is 0.234 e. The number of hydrogen-bond donors (Lipinski definition) is 1. The van der Waals surface area contributed by atoms with Crippen molar-refractivity contribution in [2.75, 3.05) is 31.3 Å². The van der Waals surface area contributed by atoms with Crippen LogP contribution >= 0.6 is 11.8 Å². The van der Waals surface area contributed by atoms with Crippen LogP contribution in [0.1, 0.15) is 0 Å². The number of hydrazone groups is 1. The van der Waals surface area contributed by atoms with Crippen molar-refractivity contribution in [1.29, 1.82) is 0 Å². The summed E-state index contributed by atoms with van der Waals surface area (Å²) in [5, 5.41) is 9.54. The number of nitrogens with one attached hydrogen (secondary N) is 1. The number of nitrogens with zero attached hydrogens (tertiary/aromatic N) is 3.